The summed E-state index contributed by atoms with van der Waals surface area (Å²) in [7, 11) is 0. The van der Waals surface area contributed by atoms with Gasteiger partial charge in [-0.05, 0) is 25.5 Å². The van der Waals surface area contributed by atoms with E-state index in [0.29, 0.717) is 6.61 Å². The van der Waals surface area contributed by atoms with Crippen LogP contribution in [-0.4, -0.2) is 29.6 Å². The number of carbonyl (C=O) groups excluding carboxylic acids is 1. The minimum absolute atomic E-state index is 0.0131. The molecular weight excluding hydrogens is 272 g/mol. The summed E-state index contributed by atoms with van der Waals surface area (Å²) in [6, 6.07) is 3.93. The number of carbonyl (C=O) groups is 1. The third-order valence-corrected chi connectivity index (χ3v) is 3.42. The fourth-order valence-electron chi connectivity index (χ4n) is 1.97. The second-order valence-electron chi connectivity index (χ2n) is 4.37. The number of hydrogen-bond donors (Lipinski definition) is 1. The number of amides is 1. The molecule has 1 fully saturated rings. The first-order chi connectivity index (χ1) is 8.99. The van der Waals surface area contributed by atoms with E-state index in [1.807, 2.05) is 6.92 Å². The van der Waals surface area contributed by atoms with E-state index in [0.717, 1.165) is 6.42 Å². The summed E-state index contributed by atoms with van der Waals surface area (Å²) in [5.41, 5.74) is -0.0553. The molecule has 1 aromatic rings. The maximum Gasteiger partial charge on any atom is 0.288 e. The number of ether oxygens (including phenoxy) is 1. The molecule has 102 valence electrons. The Kier molecular flexibility index (Phi) is 4.01. The Labute approximate surface area is 114 Å². The Bertz CT molecular complexity index is 520. The number of benzene rings is 1. The van der Waals surface area contributed by atoms with Gasteiger partial charge < -0.3 is 10.1 Å². The summed E-state index contributed by atoms with van der Waals surface area (Å²) in [6.45, 7) is 2.48. The van der Waals surface area contributed by atoms with Gasteiger partial charge in [0, 0.05) is 18.2 Å². The second-order valence-corrected chi connectivity index (χ2v) is 4.78. The van der Waals surface area contributed by atoms with Crippen molar-refractivity contribution in [3.8, 4) is 0 Å². The average molecular weight is 285 g/mol. The van der Waals surface area contributed by atoms with Gasteiger partial charge in [0.15, 0.2) is 0 Å². The van der Waals surface area contributed by atoms with Crippen LogP contribution >= 0.6 is 11.6 Å². The molecule has 1 amide bonds. The topological polar surface area (TPSA) is 81.5 Å². The van der Waals surface area contributed by atoms with Crippen molar-refractivity contribution in [2.24, 2.45) is 0 Å². The molecule has 1 N–H and O–H groups in total. The summed E-state index contributed by atoms with van der Waals surface area (Å²) in [5.74, 6) is -0.359. The molecule has 2 rings (SSSR count). The van der Waals surface area contributed by atoms with Crippen LogP contribution in [0.5, 0.6) is 0 Å². The van der Waals surface area contributed by atoms with Gasteiger partial charge in [-0.2, -0.15) is 0 Å². The maximum absolute atomic E-state index is 12.0. The van der Waals surface area contributed by atoms with Crippen molar-refractivity contribution in [3.63, 3.8) is 0 Å². The summed E-state index contributed by atoms with van der Waals surface area (Å²) in [6.07, 6.45) is 0.689. The van der Waals surface area contributed by atoms with Gasteiger partial charge in [-0.25, -0.2) is 0 Å². The van der Waals surface area contributed by atoms with E-state index in [2.05, 4.69) is 5.32 Å². The number of nitrogens with zero attached hydrogens (tertiary/aromatic N) is 1. The maximum atomic E-state index is 12.0. The highest BCUT2D eigenvalue weighted by Gasteiger charge is 2.26. The summed E-state index contributed by atoms with van der Waals surface area (Å²) >= 11 is 5.70. The van der Waals surface area contributed by atoms with Gasteiger partial charge in [0.05, 0.1) is 17.1 Å². The zero-order valence-electron chi connectivity index (χ0n) is 10.3. The zero-order chi connectivity index (χ0) is 14.0. The smallest absolute Gasteiger partial charge is 0.288 e. The lowest BCUT2D eigenvalue weighted by Crippen LogP contribution is -2.39. The molecule has 1 aromatic carbocycles. The molecule has 1 heterocycles. The predicted molar refractivity (Wildman–Crippen MR) is 69.4 cm³/mol. The van der Waals surface area contributed by atoms with Crippen molar-refractivity contribution >= 4 is 23.2 Å². The third kappa shape index (κ3) is 3.02. The van der Waals surface area contributed by atoms with Gasteiger partial charge in [0.2, 0.25) is 0 Å². The molecular formula is C12H13ClN2O4. The van der Waals surface area contributed by atoms with Crippen molar-refractivity contribution in [2.75, 3.05) is 6.61 Å². The molecule has 0 bridgehead atoms. The first-order valence-corrected chi connectivity index (χ1v) is 6.23. The Morgan fingerprint density at radius 3 is 2.89 bits per heavy atom. The van der Waals surface area contributed by atoms with Crippen molar-refractivity contribution in [3.05, 3.63) is 38.9 Å². The van der Waals surface area contributed by atoms with Gasteiger partial charge in [-0.1, -0.05) is 11.6 Å². The van der Waals surface area contributed by atoms with E-state index >= 15 is 0 Å². The van der Waals surface area contributed by atoms with Crippen LogP contribution in [0.1, 0.15) is 23.7 Å². The molecule has 2 atom stereocenters. The lowest BCUT2D eigenvalue weighted by Gasteiger charge is -2.15. The van der Waals surface area contributed by atoms with Crippen LogP contribution in [0.15, 0.2) is 18.2 Å². The van der Waals surface area contributed by atoms with Crippen molar-refractivity contribution in [2.45, 2.75) is 25.5 Å². The number of hydrogen-bond acceptors (Lipinski definition) is 4. The van der Waals surface area contributed by atoms with Crippen LogP contribution in [0.3, 0.4) is 0 Å². The largest absolute Gasteiger partial charge is 0.376 e. The molecule has 7 heteroatoms. The van der Waals surface area contributed by atoms with Gasteiger partial charge >= 0.3 is 0 Å². The van der Waals surface area contributed by atoms with E-state index in [4.69, 9.17) is 16.3 Å². The highest BCUT2D eigenvalue weighted by Crippen LogP contribution is 2.25. The van der Waals surface area contributed by atoms with Gasteiger partial charge in [-0.15, -0.1) is 0 Å². The fraction of sp³-hybridized carbons (Fsp3) is 0.417. The Morgan fingerprint density at radius 1 is 1.58 bits per heavy atom. The average Bonchev–Trinajstić information content (AvgIpc) is 2.75. The lowest BCUT2D eigenvalue weighted by atomic mass is 10.1. The highest BCUT2D eigenvalue weighted by atomic mass is 35.5. The van der Waals surface area contributed by atoms with E-state index in [-0.39, 0.29) is 34.3 Å². The van der Waals surface area contributed by atoms with Gasteiger partial charge in [-0.3, -0.25) is 14.9 Å². The molecule has 1 saturated heterocycles. The molecule has 1 aliphatic rings. The van der Waals surface area contributed by atoms with Crippen molar-refractivity contribution < 1.29 is 14.5 Å². The van der Waals surface area contributed by atoms with Crippen molar-refractivity contribution in [1.82, 2.24) is 5.32 Å². The van der Waals surface area contributed by atoms with Crippen molar-refractivity contribution in [1.29, 1.82) is 0 Å². The lowest BCUT2D eigenvalue weighted by molar-refractivity contribution is -0.384. The molecule has 0 spiro atoms. The van der Waals surface area contributed by atoms with E-state index < -0.39 is 4.92 Å². The molecule has 1 aliphatic heterocycles. The first-order valence-electron chi connectivity index (χ1n) is 5.85. The van der Waals surface area contributed by atoms with E-state index in [9.17, 15) is 14.9 Å². The molecule has 2 unspecified atom stereocenters. The summed E-state index contributed by atoms with van der Waals surface area (Å²) in [4.78, 5) is 22.2. The molecule has 0 saturated carbocycles. The van der Waals surface area contributed by atoms with Gasteiger partial charge in [0.1, 0.15) is 5.02 Å². The SMILES string of the molecule is CC1OCCC1NC(=O)c1ccc(Cl)c([N+](=O)[O-])c1. The summed E-state index contributed by atoms with van der Waals surface area (Å²) in [5, 5.41) is 13.6. The van der Waals surface area contributed by atoms with Crippen LogP contribution in [0.4, 0.5) is 5.69 Å². The van der Waals surface area contributed by atoms with E-state index in [1.54, 1.807) is 0 Å². The highest BCUT2D eigenvalue weighted by molar-refractivity contribution is 6.32. The Morgan fingerprint density at radius 2 is 2.32 bits per heavy atom. The molecule has 0 aromatic heterocycles. The fourth-order valence-corrected chi connectivity index (χ4v) is 2.15. The standard InChI is InChI=1S/C12H13ClN2O4/c1-7-10(4-5-19-7)14-12(16)8-2-3-9(13)11(6-8)15(17)18/h2-3,6-7,10H,4-5H2,1H3,(H,14,16). The number of rotatable bonds is 3. The Balaban J connectivity index is 2.15. The first kappa shape index (κ1) is 13.8. The number of nitro benzene ring substituents is 1. The minimum atomic E-state index is -0.611. The van der Waals surface area contributed by atoms with Gasteiger partial charge in [0.25, 0.3) is 11.6 Å². The quantitative estimate of drug-likeness (QED) is 0.681. The normalized spacial score (nSPS) is 22.2. The molecule has 0 aliphatic carbocycles. The monoisotopic (exact) mass is 284 g/mol. The predicted octanol–water partition coefficient (Wildman–Crippen LogP) is 2.16. The van der Waals surface area contributed by atoms with E-state index in [1.165, 1.54) is 18.2 Å². The molecule has 0 radical (unpaired) electrons. The third-order valence-electron chi connectivity index (χ3n) is 3.10. The minimum Gasteiger partial charge on any atom is -0.376 e. The number of nitrogens with one attached hydrogen (secondary N) is 1. The van der Waals surface area contributed by atoms with Crippen LogP contribution in [-0.2, 0) is 4.74 Å². The van der Waals surface area contributed by atoms with Crippen LogP contribution in [0, 0.1) is 10.1 Å². The molecule has 6 nitrogen and oxygen atoms in total. The number of halogens is 1. The van der Waals surface area contributed by atoms with Crippen LogP contribution in [0.2, 0.25) is 5.02 Å². The number of nitro groups is 1. The van der Waals surface area contributed by atoms with Crippen LogP contribution < -0.4 is 5.32 Å². The van der Waals surface area contributed by atoms with Crippen LogP contribution in [0.25, 0.3) is 0 Å². The summed E-state index contributed by atoms with van der Waals surface area (Å²) < 4.78 is 5.34. The molecule has 19 heavy (non-hydrogen) atoms. The zero-order valence-corrected chi connectivity index (χ0v) is 11.0. The Hall–Kier alpha value is -1.66. The second kappa shape index (κ2) is 5.54.